The van der Waals surface area contributed by atoms with Crippen LogP contribution < -0.4 is 15.3 Å². The third-order valence-corrected chi connectivity index (χ3v) is 28.3. The molecule has 0 aromatic carbocycles. The van der Waals surface area contributed by atoms with Gasteiger partial charge in [-0.25, -0.2) is 0 Å². The zero-order valence-corrected chi connectivity index (χ0v) is 83.1. The maximum absolute atomic E-state index is 13.3. The van der Waals surface area contributed by atoms with E-state index in [1.54, 1.807) is 0 Å². The number of rotatable bonds is 42. The minimum atomic E-state index is -0.127. The highest BCUT2D eigenvalue weighted by molar-refractivity contribution is 8.07. The Balaban J connectivity index is 0.000000248. The lowest BCUT2D eigenvalue weighted by Crippen LogP contribution is -2.29. The van der Waals surface area contributed by atoms with Crippen molar-refractivity contribution in [3.8, 4) is 0 Å². The van der Waals surface area contributed by atoms with Crippen molar-refractivity contribution < 1.29 is 29.7 Å². The van der Waals surface area contributed by atoms with Crippen molar-refractivity contribution in [1.29, 1.82) is 0 Å². The van der Waals surface area contributed by atoms with Gasteiger partial charge in [0, 0.05) is 108 Å². The van der Waals surface area contributed by atoms with E-state index in [0.717, 1.165) is 136 Å². The van der Waals surface area contributed by atoms with Crippen LogP contribution in [0.1, 0.15) is 328 Å². The van der Waals surface area contributed by atoms with Gasteiger partial charge in [-0.2, -0.15) is 0 Å². The standard InChI is InChI=1S/C38H54O2S2.C36H50O2S2.C34H46O2S2/c1-25(2)11-9-13-31-19-29(20-32(41-31)14-10-12-26(3)4)23-35-37(39)36(38(35)40)24-30-21-33(17-15-27(5)6)42-34(22-30)18-16-28(7)8;1-23(2)11-9-13-29-17-27(18-30(39-29)14-10-12-24(3)4)21-33-35(37)34(36(33)38)22-28-19-31(15-25(5)6)40-32(20-28)16-26(7)8;1-21(2)9-11-27-15-25(16-28(37-27)12-10-22(3)4)19-31-33(35)32(34(31)36)20-26-17-29(13-23(5)6)38-30(18-26)14-24(7)8/h19-28H,9-18H2,1-8H3;17-26H,9-16H2,1-8H3;15-24H,9-14H2,1-8H3. The van der Waals surface area contributed by atoms with Gasteiger partial charge in [0.05, 0.1) is 0 Å². The maximum atomic E-state index is 13.3. The van der Waals surface area contributed by atoms with Gasteiger partial charge in [-0.1, -0.05) is 244 Å². The van der Waals surface area contributed by atoms with Gasteiger partial charge in [-0.15, -0.1) is 0 Å². The van der Waals surface area contributed by atoms with Crippen LogP contribution in [-0.2, 0) is 52.9 Å². The van der Waals surface area contributed by atoms with Crippen molar-refractivity contribution in [2.45, 2.75) is 320 Å². The van der Waals surface area contributed by atoms with Crippen LogP contribution in [0.4, 0.5) is 0 Å². The third kappa shape index (κ3) is 35.4. The highest BCUT2D eigenvalue weighted by atomic mass is 32.2. The Morgan fingerprint density at radius 2 is 0.458 bits per heavy atom. The fourth-order valence-corrected chi connectivity index (χ4v) is 22.8. The van der Waals surface area contributed by atoms with Gasteiger partial charge in [-0.3, -0.25) is 14.4 Å². The SMILES string of the molecule is CC(C)CCCC1=CC(=CC2=C([O-])C(=Cc3cc(CCC(C)C)[s+]c(CCC(C)C)c3)C2=O)C=C(CCCC(C)C)S1.CC(C)CCCc1cc(C=C2C(=O)C(C=C3C=C(CC(C)C)SC(CC(C)C)=C3)=C2[O-])cc(CCCC(C)C)[s+]1.CC(C)CCc1cc(C=C2C(=O)C(C=C3C=C(CC(C)C)SC(CC(C)C)=C3)=C2[O-])cc(CCC(C)C)[s+]1. The van der Waals surface area contributed by atoms with E-state index in [9.17, 15) is 29.7 Å². The monoisotopic (exact) mass is 1730 g/mol. The molecule has 0 radical (unpaired) electrons. The smallest absolute Gasteiger partial charge is 0.218 e. The normalized spacial score (nSPS) is 16.9. The summed E-state index contributed by atoms with van der Waals surface area (Å²) in [5.74, 6) is 6.89. The van der Waals surface area contributed by atoms with Gasteiger partial charge in [-0.05, 0) is 297 Å². The fourth-order valence-electron chi connectivity index (χ4n) is 14.9. The molecule has 0 spiro atoms. The molecule has 3 aliphatic heterocycles. The topological polar surface area (TPSA) is 120 Å². The number of thioether (sulfide) groups is 3. The second kappa shape index (κ2) is 50.4. The summed E-state index contributed by atoms with van der Waals surface area (Å²) >= 11 is 11.3. The Morgan fingerprint density at radius 1 is 0.258 bits per heavy atom. The lowest BCUT2D eigenvalue weighted by atomic mass is 9.85. The second-order valence-corrected chi connectivity index (χ2v) is 47.0. The van der Waals surface area contributed by atoms with Crippen LogP contribution >= 0.6 is 69.3 Å². The molecule has 654 valence electrons. The summed E-state index contributed by atoms with van der Waals surface area (Å²) < 4.78 is 0. The van der Waals surface area contributed by atoms with E-state index in [1.807, 2.05) is 106 Å². The molecule has 0 amide bonds. The van der Waals surface area contributed by atoms with Crippen molar-refractivity contribution in [3.05, 3.63) is 234 Å². The van der Waals surface area contributed by atoms with Crippen molar-refractivity contribution in [2.75, 3.05) is 0 Å². The predicted octanol–water partition coefficient (Wildman–Crippen LogP) is 30.3. The molecule has 3 aromatic rings. The van der Waals surface area contributed by atoms with Crippen LogP contribution in [0, 0.1) is 71.0 Å². The predicted molar refractivity (Wildman–Crippen MR) is 525 cm³/mol. The molecule has 12 heteroatoms. The average Bonchev–Trinajstić information content (AvgIpc) is 0.777. The van der Waals surface area contributed by atoms with E-state index < -0.39 is 0 Å². The lowest BCUT2D eigenvalue weighted by molar-refractivity contribution is -0.301. The number of ketones is 3. The molecule has 0 unspecified atom stereocenters. The Hall–Kier alpha value is -5.73. The van der Waals surface area contributed by atoms with Gasteiger partial charge in [0.15, 0.2) is 17.3 Å². The molecule has 6 heterocycles. The minimum Gasteiger partial charge on any atom is -0.871 e. The molecule has 0 bridgehead atoms. The highest BCUT2D eigenvalue weighted by Crippen LogP contribution is 2.45. The highest BCUT2D eigenvalue weighted by Gasteiger charge is 2.31. The molecule has 0 saturated carbocycles. The van der Waals surface area contributed by atoms with E-state index in [1.165, 1.54) is 110 Å². The average molecular weight is 1740 g/mol. The molecule has 0 N–H and O–H groups in total. The molecule has 9 rings (SSSR count). The number of carbonyl (C=O) groups excluding carboxylic acids is 3. The van der Waals surface area contributed by atoms with E-state index in [0.29, 0.717) is 104 Å². The van der Waals surface area contributed by atoms with Crippen molar-refractivity contribution in [3.63, 3.8) is 0 Å². The molecular formula is C108H150O6S6. The quantitative estimate of drug-likeness (QED) is 0.0403. The first-order valence-corrected chi connectivity index (χ1v) is 51.0. The molecule has 0 fully saturated rings. The zero-order valence-electron chi connectivity index (χ0n) is 78.2. The van der Waals surface area contributed by atoms with Gasteiger partial charge in [0.1, 0.15) is 0 Å². The summed E-state index contributed by atoms with van der Waals surface area (Å²) in [5, 5.41) is 39.7. The third-order valence-electron chi connectivity index (χ3n) is 21.4. The Labute approximate surface area is 753 Å². The van der Waals surface area contributed by atoms with Gasteiger partial charge in [0.2, 0.25) is 63.3 Å². The number of aryl methyl sites for hydroxylation is 6. The van der Waals surface area contributed by atoms with Crippen LogP contribution in [0.25, 0.3) is 18.2 Å². The van der Waals surface area contributed by atoms with E-state index >= 15 is 0 Å². The Morgan fingerprint density at radius 3 is 0.667 bits per heavy atom. The molecule has 0 saturated heterocycles. The van der Waals surface area contributed by atoms with E-state index in [4.69, 9.17) is 0 Å². The molecule has 3 aliphatic carbocycles. The molecule has 120 heavy (non-hydrogen) atoms. The molecule has 3 aromatic heterocycles. The summed E-state index contributed by atoms with van der Waals surface area (Å²) in [6, 6.07) is 13.1. The number of hydrogen-bond donors (Lipinski definition) is 0. The summed E-state index contributed by atoms with van der Waals surface area (Å²) in [5.41, 5.74) is 7.85. The minimum absolute atomic E-state index is 0.116. The van der Waals surface area contributed by atoms with E-state index in [2.05, 4.69) is 239 Å². The fraction of sp³-hybridized carbons (Fsp3) is 0.556. The summed E-state index contributed by atoms with van der Waals surface area (Å²) in [6.07, 6.45) is 50.5. The van der Waals surface area contributed by atoms with Crippen LogP contribution in [-0.4, -0.2) is 17.3 Å². The number of allylic oxidation sites excluding steroid dienone is 24. The molecule has 6 aliphatic rings. The first-order chi connectivity index (χ1) is 56.7. The molecule has 6 nitrogen and oxygen atoms in total. The molecular weight excluding hydrogens is 1590 g/mol. The van der Waals surface area contributed by atoms with Gasteiger partial charge in [0.25, 0.3) is 0 Å². The van der Waals surface area contributed by atoms with Crippen molar-refractivity contribution in [2.24, 2.45) is 71.0 Å². The number of carbonyl (C=O) groups is 3. The Kier molecular flexibility index (Phi) is 42.6. The lowest BCUT2D eigenvalue weighted by Gasteiger charge is -2.29. The maximum Gasteiger partial charge on any atom is 0.218 e. The number of hydrogen-bond acceptors (Lipinski definition) is 9. The van der Waals surface area contributed by atoms with Crippen LogP contribution in [0.2, 0.25) is 0 Å². The first-order valence-electron chi connectivity index (χ1n) is 46.1. The van der Waals surface area contributed by atoms with Crippen LogP contribution in [0.5, 0.6) is 0 Å². The van der Waals surface area contributed by atoms with Crippen LogP contribution in [0.15, 0.2) is 188 Å². The first kappa shape index (κ1) is 101. The van der Waals surface area contributed by atoms with Crippen LogP contribution in [0.3, 0.4) is 0 Å². The zero-order chi connectivity index (χ0) is 88.2. The summed E-state index contributed by atoms with van der Waals surface area (Å²) in [6.45, 7) is 54.0. The summed E-state index contributed by atoms with van der Waals surface area (Å²) in [7, 11) is 0. The van der Waals surface area contributed by atoms with E-state index in [-0.39, 0.29) is 34.6 Å². The summed E-state index contributed by atoms with van der Waals surface area (Å²) in [4.78, 5) is 55.7. The second-order valence-electron chi connectivity index (χ2n) is 39.5. The number of Topliss-reactive ketones (excluding diaryl/α,β-unsaturated/α-hetero) is 3. The molecule has 0 atom stereocenters. The van der Waals surface area contributed by atoms with Gasteiger partial charge >= 0.3 is 0 Å². The Bertz CT molecular complexity index is 4340. The van der Waals surface area contributed by atoms with Gasteiger partial charge < -0.3 is 15.3 Å². The van der Waals surface area contributed by atoms with Crippen molar-refractivity contribution >= 4 is 105 Å². The largest absolute Gasteiger partial charge is 0.871 e. The van der Waals surface area contributed by atoms with Crippen molar-refractivity contribution in [1.82, 2.24) is 0 Å².